The molecule has 118 valence electrons. The summed E-state index contributed by atoms with van der Waals surface area (Å²) in [6.07, 6.45) is 20.4. The van der Waals surface area contributed by atoms with Crippen LogP contribution in [0.25, 0.3) is 0 Å². The number of allylic oxidation sites excluding steroid dienone is 1. The molecule has 0 aromatic heterocycles. The Balaban J connectivity index is 3.04. The van der Waals surface area contributed by atoms with Gasteiger partial charge in [0.1, 0.15) is 6.61 Å². The maximum Gasteiger partial charge on any atom is 0.302 e. The summed E-state index contributed by atoms with van der Waals surface area (Å²) in [6, 6.07) is 0. The highest BCUT2D eigenvalue weighted by molar-refractivity contribution is 5.65. The Hall–Kier alpha value is -0.790. The van der Waals surface area contributed by atoms with Crippen LogP contribution in [0.3, 0.4) is 0 Å². The summed E-state index contributed by atoms with van der Waals surface area (Å²) in [5.41, 5.74) is 0. The number of carbonyl (C=O) groups is 1. The summed E-state index contributed by atoms with van der Waals surface area (Å²) in [5.74, 6) is -0.204. The first kappa shape index (κ1) is 19.2. The van der Waals surface area contributed by atoms with Crippen molar-refractivity contribution in [3.05, 3.63) is 12.2 Å². The molecule has 0 aliphatic heterocycles. The van der Waals surface area contributed by atoms with E-state index in [2.05, 4.69) is 13.0 Å². The lowest BCUT2D eigenvalue weighted by molar-refractivity contribution is -0.139. The first-order valence-electron chi connectivity index (χ1n) is 8.55. The largest absolute Gasteiger partial charge is 0.462 e. The van der Waals surface area contributed by atoms with Crippen molar-refractivity contribution in [3.8, 4) is 0 Å². The smallest absolute Gasteiger partial charge is 0.302 e. The zero-order chi connectivity index (χ0) is 14.9. The zero-order valence-electron chi connectivity index (χ0n) is 13.7. The third-order valence-corrected chi connectivity index (χ3v) is 3.52. The van der Waals surface area contributed by atoms with Crippen LogP contribution in [0.5, 0.6) is 0 Å². The van der Waals surface area contributed by atoms with Crippen LogP contribution >= 0.6 is 0 Å². The van der Waals surface area contributed by atoms with Crippen LogP contribution in [0.15, 0.2) is 12.2 Å². The normalized spacial score (nSPS) is 11.1. The minimum atomic E-state index is -0.204. The van der Waals surface area contributed by atoms with Gasteiger partial charge in [-0.15, -0.1) is 0 Å². The van der Waals surface area contributed by atoms with Gasteiger partial charge in [0.25, 0.3) is 0 Å². The van der Waals surface area contributed by atoms with Crippen molar-refractivity contribution in [1.29, 1.82) is 0 Å². The van der Waals surface area contributed by atoms with Gasteiger partial charge in [0.05, 0.1) is 0 Å². The summed E-state index contributed by atoms with van der Waals surface area (Å²) < 4.78 is 4.82. The second-order valence-corrected chi connectivity index (χ2v) is 5.60. The predicted molar refractivity (Wildman–Crippen MR) is 86.9 cm³/mol. The molecule has 0 N–H and O–H groups in total. The molecule has 0 saturated carbocycles. The fraction of sp³-hybridized carbons (Fsp3) is 0.833. The molecule has 0 rings (SSSR count). The minimum absolute atomic E-state index is 0.204. The van der Waals surface area contributed by atoms with Gasteiger partial charge in [-0.05, 0) is 12.8 Å². The number of ether oxygens (including phenoxy) is 1. The van der Waals surface area contributed by atoms with Crippen LogP contribution < -0.4 is 0 Å². The van der Waals surface area contributed by atoms with E-state index in [1.165, 1.54) is 77.6 Å². The molecule has 0 aliphatic rings. The summed E-state index contributed by atoms with van der Waals surface area (Å²) in [4.78, 5) is 10.5. The van der Waals surface area contributed by atoms with Gasteiger partial charge in [0, 0.05) is 6.92 Å². The topological polar surface area (TPSA) is 26.3 Å². The SMILES string of the molecule is CCCCCCCCCCCCC/C=C/COC(C)=O. The molecule has 0 aliphatic carbocycles. The Morgan fingerprint density at radius 2 is 1.30 bits per heavy atom. The van der Waals surface area contributed by atoms with Gasteiger partial charge in [-0.25, -0.2) is 0 Å². The first-order valence-corrected chi connectivity index (χ1v) is 8.55. The van der Waals surface area contributed by atoms with Gasteiger partial charge in [0.2, 0.25) is 0 Å². The molecule has 0 fully saturated rings. The molecule has 0 atom stereocenters. The lowest BCUT2D eigenvalue weighted by Gasteiger charge is -2.01. The average Bonchev–Trinajstić information content (AvgIpc) is 2.43. The van der Waals surface area contributed by atoms with E-state index in [4.69, 9.17) is 4.74 Å². The molecule has 0 aromatic carbocycles. The zero-order valence-corrected chi connectivity index (χ0v) is 13.7. The Morgan fingerprint density at radius 3 is 1.80 bits per heavy atom. The van der Waals surface area contributed by atoms with E-state index in [1.54, 1.807) is 0 Å². The Labute approximate surface area is 126 Å². The third kappa shape index (κ3) is 17.2. The standard InChI is InChI=1S/C18H34O2/c1-3-4-5-6-7-8-9-10-11-12-13-14-15-16-17-20-18(2)19/h15-16H,3-14,17H2,1-2H3/b16-15+. The molecular weight excluding hydrogens is 248 g/mol. The quantitative estimate of drug-likeness (QED) is 0.228. The van der Waals surface area contributed by atoms with Crippen LogP contribution in [0, 0.1) is 0 Å². The summed E-state index contributed by atoms with van der Waals surface area (Å²) in [6.45, 7) is 4.14. The highest BCUT2D eigenvalue weighted by Gasteiger charge is 1.92. The highest BCUT2D eigenvalue weighted by atomic mass is 16.5. The van der Waals surface area contributed by atoms with Crippen molar-refractivity contribution in [2.75, 3.05) is 6.61 Å². The van der Waals surface area contributed by atoms with Crippen LogP contribution in [-0.2, 0) is 9.53 Å². The van der Waals surface area contributed by atoms with Crippen LogP contribution in [0.1, 0.15) is 90.9 Å². The molecule has 0 radical (unpaired) electrons. The number of hydrogen-bond acceptors (Lipinski definition) is 2. The molecule has 0 aromatic rings. The van der Waals surface area contributed by atoms with E-state index in [0.717, 1.165) is 6.42 Å². The second-order valence-electron chi connectivity index (χ2n) is 5.60. The number of esters is 1. The Kier molecular flexibility index (Phi) is 15.6. The van der Waals surface area contributed by atoms with Crippen molar-refractivity contribution in [2.45, 2.75) is 90.9 Å². The van der Waals surface area contributed by atoms with E-state index in [1.807, 2.05) is 6.08 Å². The third-order valence-electron chi connectivity index (χ3n) is 3.52. The fourth-order valence-corrected chi connectivity index (χ4v) is 2.28. The molecular formula is C18H34O2. The van der Waals surface area contributed by atoms with Crippen molar-refractivity contribution in [3.63, 3.8) is 0 Å². The van der Waals surface area contributed by atoms with Crippen molar-refractivity contribution < 1.29 is 9.53 Å². The molecule has 0 spiro atoms. The van der Waals surface area contributed by atoms with Gasteiger partial charge in [-0.1, -0.05) is 83.3 Å². The summed E-state index contributed by atoms with van der Waals surface area (Å²) >= 11 is 0. The molecule has 0 amide bonds. The van der Waals surface area contributed by atoms with Gasteiger partial charge in [-0.2, -0.15) is 0 Å². The number of carbonyl (C=O) groups excluding carboxylic acids is 1. The van der Waals surface area contributed by atoms with E-state index in [0.29, 0.717) is 6.61 Å². The van der Waals surface area contributed by atoms with Crippen molar-refractivity contribution in [2.24, 2.45) is 0 Å². The monoisotopic (exact) mass is 282 g/mol. The van der Waals surface area contributed by atoms with Gasteiger partial charge in [-0.3, -0.25) is 4.79 Å². The van der Waals surface area contributed by atoms with E-state index < -0.39 is 0 Å². The predicted octanol–water partition coefficient (Wildman–Crippen LogP) is 5.81. The van der Waals surface area contributed by atoms with Gasteiger partial charge >= 0.3 is 5.97 Å². The number of hydrogen-bond donors (Lipinski definition) is 0. The molecule has 0 bridgehead atoms. The first-order chi connectivity index (χ1) is 9.77. The Bertz CT molecular complexity index is 234. The lowest BCUT2D eigenvalue weighted by Crippen LogP contribution is -1.97. The molecule has 0 unspecified atom stereocenters. The maximum atomic E-state index is 10.5. The highest BCUT2D eigenvalue weighted by Crippen LogP contribution is 2.11. The molecule has 2 heteroatoms. The molecule has 2 nitrogen and oxygen atoms in total. The lowest BCUT2D eigenvalue weighted by atomic mass is 10.1. The minimum Gasteiger partial charge on any atom is -0.462 e. The second kappa shape index (κ2) is 16.3. The van der Waals surface area contributed by atoms with Crippen molar-refractivity contribution >= 4 is 5.97 Å². The number of rotatable bonds is 14. The fourth-order valence-electron chi connectivity index (χ4n) is 2.28. The number of unbranched alkanes of at least 4 members (excludes halogenated alkanes) is 11. The van der Waals surface area contributed by atoms with Gasteiger partial charge < -0.3 is 4.74 Å². The van der Waals surface area contributed by atoms with Gasteiger partial charge in [0.15, 0.2) is 0 Å². The van der Waals surface area contributed by atoms with Crippen LogP contribution in [0.4, 0.5) is 0 Å². The Morgan fingerprint density at radius 1 is 0.800 bits per heavy atom. The van der Waals surface area contributed by atoms with E-state index >= 15 is 0 Å². The maximum absolute atomic E-state index is 10.5. The van der Waals surface area contributed by atoms with Crippen LogP contribution in [-0.4, -0.2) is 12.6 Å². The molecule has 0 saturated heterocycles. The molecule has 0 heterocycles. The van der Waals surface area contributed by atoms with Crippen molar-refractivity contribution in [1.82, 2.24) is 0 Å². The summed E-state index contributed by atoms with van der Waals surface area (Å²) in [7, 11) is 0. The van der Waals surface area contributed by atoms with E-state index in [-0.39, 0.29) is 5.97 Å². The van der Waals surface area contributed by atoms with E-state index in [9.17, 15) is 4.79 Å². The van der Waals surface area contributed by atoms with Crippen LogP contribution in [0.2, 0.25) is 0 Å². The summed E-state index contributed by atoms with van der Waals surface area (Å²) in [5, 5.41) is 0. The molecule has 20 heavy (non-hydrogen) atoms. The average molecular weight is 282 g/mol.